The number of rotatable bonds is 8. The van der Waals surface area contributed by atoms with Crippen LogP contribution in [0.3, 0.4) is 0 Å². The number of nitrogens with zero attached hydrogens (tertiary/aromatic N) is 2. The molecule has 0 saturated carbocycles. The standard InChI is InChI=1S/C58H40N2/c1-3-11-41(12-4-1)43-19-21-44(22-20-43)46-25-33-52(34-26-46)59(51-31-23-45(24-32-51)42-13-5-2-6-14-42)53-35-27-47(28-36-53)48-29-37-54(38-30-48)60-57-18-10-9-17-55(57)56-39-49-15-7-8-16-50(49)40-58(56)60/h1-40H. The number of anilines is 3. The number of hydrogen-bond acceptors (Lipinski definition) is 1. The second kappa shape index (κ2) is 15.1. The van der Waals surface area contributed by atoms with Crippen molar-refractivity contribution in [3.05, 3.63) is 243 Å². The van der Waals surface area contributed by atoms with Crippen LogP contribution in [0.2, 0.25) is 0 Å². The summed E-state index contributed by atoms with van der Waals surface area (Å²) in [7, 11) is 0. The average molecular weight is 765 g/mol. The smallest absolute Gasteiger partial charge is 0.0547 e. The van der Waals surface area contributed by atoms with Crippen LogP contribution in [0.1, 0.15) is 0 Å². The second-order valence-electron chi connectivity index (χ2n) is 15.4. The predicted octanol–water partition coefficient (Wildman–Crippen LogP) is 16.1. The molecule has 1 heterocycles. The van der Waals surface area contributed by atoms with Crippen LogP contribution >= 0.6 is 0 Å². The molecule has 0 spiro atoms. The molecule has 282 valence electrons. The molecule has 0 fully saturated rings. The summed E-state index contributed by atoms with van der Waals surface area (Å²) in [6, 6.07) is 87.7. The zero-order chi connectivity index (χ0) is 39.8. The third-order valence-electron chi connectivity index (χ3n) is 11.8. The Morgan fingerprint density at radius 2 is 0.600 bits per heavy atom. The third-order valence-corrected chi connectivity index (χ3v) is 11.8. The van der Waals surface area contributed by atoms with Gasteiger partial charge in [0, 0.05) is 33.5 Å². The minimum absolute atomic E-state index is 1.10. The molecule has 0 amide bonds. The number of fused-ring (bicyclic) bond motifs is 4. The Hall–Kier alpha value is -7.94. The minimum atomic E-state index is 1.10. The lowest BCUT2D eigenvalue weighted by atomic mass is 10.00. The van der Waals surface area contributed by atoms with Crippen LogP contribution in [-0.4, -0.2) is 4.57 Å². The van der Waals surface area contributed by atoms with Crippen molar-refractivity contribution in [1.29, 1.82) is 0 Å². The van der Waals surface area contributed by atoms with Crippen LogP contribution < -0.4 is 4.90 Å². The lowest BCUT2D eigenvalue weighted by Crippen LogP contribution is -2.09. The summed E-state index contributed by atoms with van der Waals surface area (Å²) < 4.78 is 2.40. The highest BCUT2D eigenvalue weighted by Crippen LogP contribution is 2.39. The maximum absolute atomic E-state index is 2.40. The number of benzene rings is 10. The topological polar surface area (TPSA) is 8.17 Å². The Labute approximate surface area is 350 Å². The van der Waals surface area contributed by atoms with Gasteiger partial charge in [0.15, 0.2) is 0 Å². The van der Waals surface area contributed by atoms with Crippen molar-refractivity contribution in [3.8, 4) is 50.2 Å². The lowest BCUT2D eigenvalue weighted by molar-refractivity contribution is 1.18. The van der Waals surface area contributed by atoms with Gasteiger partial charge in [-0.3, -0.25) is 0 Å². The van der Waals surface area contributed by atoms with E-state index >= 15 is 0 Å². The summed E-state index contributed by atoms with van der Waals surface area (Å²) >= 11 is 0. The van der Waals surface area contributed by atoms with Crippen LogP contribution in [0.15, 0.2) is 243 Å². The summed E-state index contributed by atoms with van der Waals surface area (Å²) in [5.74, 6) is 0. The van der Waals surface area contributed by atoms with Crippen molar-refractivity contribution in [1.82, 2.24) is 4.57 Å². The maximum atomic E-state index is 2.40. The molecule has 0 atom stereocenters. The zero-order valence-electron chi connectivity index (χ0n) is 33.0. The van der Waals surface area contributed by atoms with Crippen molar-refractivity contribution in [2.45, 2.75) is 0 Å². The molecule has 0 radical (unpaired) electrons. The van der Waals surface area contributed by atoms with Crippen molar-refractivity contribution in [2.24, 2.45) is 0 Å². The normalized spacial score (nSPS) is 11.3. The second-order valence-corrected chi connectivity index (χ2v) is 15.4. The quantitative estimate of drug-likeness (QED) is 0.150. The summed E-state index contributed by atoms with van der Waals surface area (Å²) in [6.07, 6.45) is 0. The Bertz CT molecular complexity index is 3240. The average Bonchev–Trinajstić information content (AvgIpc) is 3.65. The Morgan fingerprint density at radius 3 is 1.07 bits per heavy atom. The fourth-order valence-electron chi connectivity index (χ4n) is 8.71. The van der Waals surface area contributed by atoms with Crippen molar-refractivity contribution in [3.63, 3.8) is 0 Å². The van der Waals surface area contributed by atoms with Gasteiger partial charge < -0.3 is 9.47 Å². The maximum Gasteiger partial charge on any atom is 0.0547 e. The van der Waals surface area contributed by atoms with Gasteiger partial charge in [0.25, 0.3) is 0 Å². The molecule has 0 aliphatic heterocycles. The van der Waals surface area contributed by atoms with Gasteiger partial charge >= 0.3 is 0 Å². The predicted molar refractivity (Wildman–Crippen MR) is 255 cm³/mol. The molecule has 10 aromatic carbocycles. The SMILES string of the molecule is c1ccc(-c2ccc(-c3ccc(N(c4ccc(-c5ccccc5)cc4)c4ccc(-c5ccc(-n6c7ccccc7c7cc8ccccc8cc76)cc5)cc4)cc3)cc2)cc1. The highest BCUT2D eigenvalue weighted by atomic mass is 15.1. The van der Waals surface area contributed by atoms with E-state index in [0.29, 0.717) is 0 Å². The number of hydrogen-bond donors (Lipinski definition) is 0. The number of aromatic nitrogens is 1. The highest BCUT2D eigenvalue weighted by Gasteiger charge is 2.16. The van der Waals surface area contributed by atoms with E-state index in [1.807, 2.05) is 0 Å². The fraction of sp³-hybridized carbons (Fsp3) is 0. The van der Waals surface area contributed by atoms with E-state index in [1.165, 1.54) is 77.1 Å². The molecule has 60 heavy (non-hydrogen) atoms. The van der Waals surface area contributed by atoms with E-state index in [1.54, 1.807) is 0 Å². The summed E-state index contributed by atoms with van der Waals surface area (Å²) in [6.45, 7) is 0. The summed E-state index contributed by atoms with van der Waals surface area (Å²) in [5.41, 5.74) is 16.5. The van der Waals surface area contributed by atoms with E-state index in [0.717, 1.165) is 22.7 Å². The van der Waals surface area contributed by atoms with Crippen LogP contribution in [0.25, 0.3) is 82.8 Å². The van der Waals surface area contributed by atoms with Crippen LogP contribution in [0.5, 0.6) is 0 Å². The largest absolute Gasteiger partial charge is 0.311 e. The first-order chi connectivity index (χ1) is 29.7. The van der Waals surface area contributed by atoms with Crippen LogP contribution in [0, 0.1) is 0 Å². The van der Waals surface area contributed by atoms with E-state index in [2.05, 4.69) is 252 Å². The van der Waals surface area contributed by atoms with E-state index in [9.17, 15) is 0 Å². The zero-order valence-corrected chi connectivity index (χ0v) is 33.0. The molecule has 0 N–H and O–H groups in total. The molecule has 0 saturated heterocycles. The van der Waals surface area contributed by atoms with Gasteiger partial charge in [0.2, 0.25) is 0 Å². The highest BCUT2D eigenvalue weighted by molar-refractivity contribution is 6.13. The fourth-order valence-corrected chi connectivity index (χ4v) is 8.71. The molecule has 0 aliphatic rings. The molecule has 11 rings (SSSR count). The third kappa shape index (κ3) is 6.51. The van der Waals surface area contributed by atoms with Gasteiger partial charge in [-0.2, -0.15) is 0 Å². The molecule has 11 aromatic rings. The van der Waals surface area contributed by atoms with Crippen LogP contribution in [0.4, 0.5) is 17.1 Å². The molecular formula is C58H40N2. The molecular weight excluding hydrogens is 725 g/mol. The molecule has 0 unspecified atom stereocenters. The first-order valence-electron chi connectivity index (χ1n) is 20.6. The van der Waals surface area contributed by atoms with Gasteiger partial charge in [-0.05, 0) is 122 Å². The van der Waals surface area contributed by atoms with Gasteiger partial charge in [-0.1, -0.05) is 176 Å². The van der Waals surface area contributed by atoms with Crippen molar-refractivity contribution >= 4 is 49.6 Å². The van der Waals surface area contributed by atoms with Gasteiger partial charge in [-0.15, -0.1) is 0 Å². The van der Waals surface area contributed by atoms with Gasteiger partial charge in [0.05, 0.1) is 11.0 Å². The molecule has 0 bridgehead atoms. The lowest BCUT2D eigenvalue weighted by Gasteiger charge is -2.26. The molecule has 2 nitrogen and oxygen atoms in total. The van der Waals surface area contributed by atoms with Gasteiger partial charge in [0.1, 0.15) is 0 Å². The summed E-state index contributed by atoms with van der Waals surface area (Å²) in [5, 5.41) is 5.05. The Kier molecular flexibility index (Phi) is 8.87. The Morgan fingerprint density at radius 1 is 0.250 bits per heavy atom. The first-order valence-corrected chi connectivity index (χ1v) is 20.6. The molecule has 2 heteroatoms. The monoisotopic (exact) mass is 764 g/mol. The van der Waals surface area contributed by atoms with E-state index in [4.69, 9.17) is 0 Å². The Balaban J connectivity index is 0.918. The number of para-hydroxylation sites is 1. The summed E-state index contributed by atoms with van der Waals surface area (Å²) in [4.78, 5) is 2.34. The van der Waals surface area contributed by atoms with Gasteiger partial charge in [-0.25, -0.2) is 0 Å². The molecule has 0 aliphatic carbocycles. The first kappa shape index (κ1) is 35.2. The van der Waals surface area contributed by atoms with Crippen molar-refractivity contribution in [2.75, 3.05) is 4.90 Å². The van der Waals surface area contributed by atoms with E-state index in [-0.39, 0.29) is 0 Å². The van der Waals surface area contributed by atoms with Crippen LogP contribution in [-0.2, 0) is 0 Å². The molecule has 1 aromatic heterocycles. The van der Waals surface area contributed by atoms with E-state index < -0.39 is 0 Å². The van der Waals surface area contributed by atoms with Crippen molar-refractivity contribution < 1.29 is 0 Å². The minimum Gasteiger partial charge on any atom is -0.311 e.